The number of carbonyl (C=O) groups excluding carboxylic acids is 1. The molecule has 2 N–H and O–H groups in total. The maximum atomic E-state index is 10.8. The van der Waals surface area contributed by atoms with Crippen molar-refractivity contribution >= 4 is 6.29 Å². The first kappa shape index (κ1) is 10.6. The van der Waals surface area contributed by atoms with Crippen molar-refractivity contribution in [3.05, 3.63) is 22.8 Å². The molecule has 0 spiro atoms. The van der Waals surface area contributed by atoms with Crippen LogP contribution in [0.5, 0.6) is 11.5 Å². The number of aldehydes is 1. The molecule has 0 bridgehead atoms. The summed E-state index contributed by atoms with van der Waals surface area (Å²) in [5.74, 6) is 0.0283. The van der Waals surface area contributed by atoms with Crippen LogP contribution in [0.15, 0.2) is 6.07 Å². The molecule has 0 radical (unpaired) electrons. The van der Waals surface area contributed by atoms with Crippen molar-refractivity contribution in [2.24, 2.45) is 0 Å². The van der Waals surface area contributed by atoms with Crippen molar-refractivity contribution < 1.29 is 15.0 Å². The van der Waals surface area contributed by atoms with E-state index in [1.807, 2.05) is 13.8 Å². The van der Waals surface area contributed by atoms with Crippen LogP contribution >= 0.6 is 0 Å². The molecule has 0 fully saturated rings. The van der Waals surface area contributed by atoms with Crippen LogP contribution in [0, 0.1) is 6.92 Å². The van der Waals surface area contributed by atoms with Crippen molar-refractivity contribution in [3.8, 4) is 11.5 Å². The summed E-state index contributed by atoms with van der Waals surface area (Å²) in [7, 11) is 0. The molecule has 0 saturated heterocycles. The highest BCUT2D eigenvalue weighted by Gasteiger charge is 2.17. The summed E-state index contributed by atoms with van der Waals surface area (Å²) < 4.78 is 0. The molecule has 0 atom stereocenters. The third kappa shape index (κ3) is 1.58. The highest BCUT2D eigenvalue weighted by Crippen LogP contribution is 2.35. The lowest BCUT2D eigenvalue weighted by atomic mass is 9.94. The topological polar surface area (TPSA) is 57.5 Å². The van der Waals surface area contributed by atoms with E-state index in [1.54, 1.807) is 6.92 Å². The number of benzene rings is 1. The van der Waals surface area contributed by atoms with E-state index in [4.69, 9.17) is 0 Å². The molecule has 0 aromatic heterocycles. The van der Waals surface area contributed by atoms with E-state index >= 15 is 0 Å². The molecule has 0 aliphatic rings. The number of phenolic OH excluding ortho intramolecular Hbond substituents is 2. The number of hydrogen-bond acceptors (Lipinski definition) is 3. The van der Waals surface area contributed by atoms with E-state index in [0.29, 0.717) is 17.4 Å². The minimum Gasteiger partial charge on any atom is -0.508 e. The lowest BCUT2D eigenvalue weighted by Crippen LogP contribution is -1.98. The van der Waals surface area contributed by atoms with Gasteiger partial charge in [0, 0.05) is 5.56 Å². The lowest BCUT2D eigenvalue weighted by Gasteiger charge is -2.14. The lowest BCUT2D eigenvalue weighted by molar-refractivity contribution is 0.111. The van der Waals surface area contributed by atoms with Gasteiger partial charge in [-0.25, -0.2) is 0 Å². The number of carbonyl (C=O) groups is 1. The molecule has 0 amide bonds. The third-order valence-electron chi connectivity index (χ3n) is 2.24. The largest absolute Gasteiger partial charge is 0.508 e. The highest BCUT2D eigenvalue weighted by atomic mass is 16.3. The van der Waals surface area contributed by atoms with Crippen LogP contribution in [0.1, 0.15) is 41.3 Å². The molecule has 0 aliphatic heterocycles. The molecule has 76 valence electrons. The van der Waals surface area contributed by atoms with Crippen molar-refractivity contribution in [3.63, 3.8) is 0 Å². The standard InChI is InChI=1S/C11H14O3/c1-6(2)10-8(5-12)11(14)7(3)4-9(10)13/h4-6,13-14H,1-3H3. The Morgan fingerprint density at radius 3 is 2.36 bits per heavy atom. The Morgan fingerprint density at radius 1 is 1.36 bits per heavy atom. The molecule has 1 aromatic rings. The first-order chi connectivity index (χ1) is 6.49. The average molecular weight is 194 g/mol. The van der Waals surface area contributed by atoms with E-state index < -0.39 is 0 Å². The third-order valence-corrected chi connectivity index (χ3v) is 2.24. The molecular weight excluding hydrogens is 180 g/mol. The van der Waals surface area contributed by atoms with E-state index in [9.17, 15) is 15.0 Å². The Kier molecular flexibility index (Phi) is 2.79. The summed E-state index contributed by atoms with van der Waals surface area (Å²) in [6, 6.07) is 1.47. The fraction of sp³-hybridized carbons (Fsp3) is 0.364. The van der Waals surface area contributed by atoms with Crippen molar-refractivity contribution in [2.45, 2.75) is 26.7 Å². The van der Waals surface area contributed by atoms with Crippen molar-refractivity contribution in [1.29, 1.82) is 0 Å². The van der Waals surface area contributed by atoms with Crippen LogP contribution in [0.3, 0.4) is 0 Å². The Balaban J connectivity index is 3.55. The summed E-state index contributed by atoms with van der Waals surface area (Å²) in [5.41, 5.74) is 1.20. The van der Waals surface area contributed by atoms with Crippen LogP contribution in [0.2, 0.25) is 0 Å². The summed E-state index contributed by atoms with van der Waals surface area (Å²) in [4.78, 5) is 10.8. The van der Waals surface area contributed by atoms with Gasteiger partial charge in [-0.15, -0.1) is 0 Å². The SMILES string of the molecule is Cc1cc(O)c(C(C)C)c(C=O)c1O. The molecule has 0 unspecified atom stereocenters. The Bertz CT molecular complexity index is 367. The Hall–Kier alpha value is -1.51. The second kappa shape index (κ2) is 3.70. The van der Waals surface area contributed by atoms with Gasteiger partial charge in [-0.2, -0.15) is 0 Å². The van der Waals surface area contributed by atoms with Gasteiger partial charge in [0.1, 0.15) is 11.5 Å². The van der Waals surface area contributed by atoms with Crippen molar-refractivity contribution in [2.75, 3.05) is 0 Å². The molecule has 0 heterocycles. The molecule has 1 rings (SSSR count). The number of phenols is 2. The maximum Gasteiger partial charge on any atom is 0.154 e. The van der Waals surface area contributed by atoms with Crippen LogP contribution < -0.4 is 0 Å². The summed E-state index contributed by atoms with van der Waals surface area (Å²) in [5, 5.41) is 19.2. The number of aromatic hydroxyl groups is 2. The maximum absolute atomic E-state index is 10.8. The zero-order valence-electron chi connectivity index (χ0n) is 8.53. The quantitative estimate of drug-likeness (QED) is 0.561. The van der Waals surface area contributed by atoms with Gasteiger partial charge >= 0.3 is 0 Å². The van der Waals surface area contributed by atoms with Gasteiger partial charge in [0.2, 0.25) is 0 Å². The van der Waals surface area contributed by atoms with Crippen LogP contribution in [0.4, 0.5) is 0 Å². The second-order valence-corrected chi connectivity index (χ2v) is 3.66. The Morgan fingerprint density at radius 2 is 1.93 bits per heavy atom. The monoisotopic (exact) mass is 194 g/mol. The smallest absolute Gasteiger partial charge is 0.154 e. The molecule has 14 heavy (non-hydrogen) atoms. The normalized spacial score (nSPS) is 10.6. The first-order valence-corrected chi connectivity index (χ1v) is 4.49. The summed E-state index contributed by atoms with van der Waals surface area (Å²) in [6.07, 6.45) is 0.581. The van der Waals surface area contributed by atoms with Gasteiger partial charge in [0.05, 0.1) is 5.56 Å². The van der Waals surface area contributed by atoms with Gasteiger partial charge in [-0.3, -0.25) is 4.79 Å². The molecule has 0 aliphatic carbocycles. The summed E-state index contributed by atoms with van der Waals surface area (Å²) >= 11 is 0. The molecule has 0 saturated carbocycles. The van der Waals surface area contributed by atoms with E-state index in [0.717, 1.165) is 0 Å². The Labute approximate surface area is 83.0 Å². The van der Waals surface area contributed by atoms with Gasteiger partial charge in [0.15, 0.2) is 6.29 Å². The predicted octanol–water partition coefficient (Wildman–Crippen LogP) is 2.34. The zero-order chi connectivity index (χ0) is 10.9. The van der Waals surface area contributed by atoms with Crippen LogP contribution in [-0.2, 0) is 0 Å². The number of aryl methyl sites for hydroxylation is 1. The molecule has 1 aromatic carbocycles. The van der Waals surface area contributed by atoms with Gasteiger partial charge < -0.3 is 10.2 Å². The second-order valence-electron chi connectivity index (χ2n) is 3.66. The molecular formula is C11H14O3. The fourth-order valence-corrected chi connectivity index (χ4v) is 1.56. The fourth-order valence-electron chi connectivity index (χ4n) is 1.56. The first-order valence-electron chi connectivity index (χ1n) is 4.49. The van der Waals surface area contributed by atoms with Crippen LogP contribution in [0.25, 0.3) is 0 Å². The molecule has 3 nitrogen and oxygen atoms in total. The number of rotatable bonds is 2. The van der Waals surface area contributed by atoms with E-state index in [1.165, 1.54) is 6.07 Å². The number of hydrogen-bond donors (Lipinski definition) is 2. The van der Waals surface area contributed by atoms with Crippen molar-refractivity contribution in [1.82, 2.24) is 0 Å². The predicted molar refractivity (Wildman–Crippen MR) is 54.0 cm³/mol. The minimum absolute atomic E-state index is 0.00157. The van der Waals surface area contributed by atoms with E-state index in [-0.39, 0.29) is 23.0 Å². The van der Waals surface area contributed by atoms with Gasteiger partial charge in [-0.1, -0.05) is 13.8 Å². The van der Waals surface area contributed by atoms with Gasteiger partial charge in [0.25, 0.3) is 0 Å². The highest BCUT2D eigenvalue weighted by molar-refractivity contribution is 5.84. The van der Waals surface area contributed by atoms with E-state index in [2.05, 4.69) is 0 Å². The van der Waals surface area contributed by atoms with Crippen LogP contribution in [-0.4, -0.2) is 16.5 Å². The average Bonchev–Trinajstić information content (AvgIpc) is 2.09. The molecule has 3 heteroatoms. The minimum atomic E-state index is -0.0403. The van der Waals surface area contributed by atoms with Gasteiger partial charge in [-0.05, 0) is 24.5 Å². The zero-order valence-corrected chi connectivity index (χ0v) is 8.53. The summed E-state index contributed by atoms with van der Waals surface area (Å²) in [6.45, 7) is 5.36.